The Morgan fingerprint density at radius 3 is 2.61 bits per heavy atom. The fourth-order valence-corrected chi connectivity index (χ4v) is 5.78. The summed E-state index contributed by atoms with van der Waals surface area (Å²) in [6.45, 7) is 2.86. The number of aliphatic carboxylic acids is 1. The van der Waals surface area contributed by atoms with Crippen LogP contribution in [0.5, 0.6) is 5.75 Å². The van der Waals surface area contributed by atoms with E-state index in [1.54, 1.807) is 25.6 Å². The molecule has 1 aliphatic rings. The molecule has 0 amide bonds. The number of hydrogen-bond donors (Lipinski definition) is 2. The van der Waals surface area contributed by atoms with Crippen molar-refractivity contribution in [2.24, 2.45) is 0 Å². The molecule has 1 aliphatic carbocycles. The van der Waals surface area contributed by atoms with Crippen molar-refractivity contribution in [1.82, 2.24) is 14.5 Å². The minimum atomic E-state index is -1.68. The molecule has 41 heavy (non-hydrogen) atoms. The highest BCUT2D eigenvalue weighted by Crippen LogP contribution is 2.37. The Labute approximate surface area is 238 Å². The lowest BCUT2D eigenvalue weighted by molar-refractivity contribution is -0.145. The fraction of sp³-hybridized carbons (Fsp3) is 0.375. The van der Waals surface area contributed by atoms with E-state index in [1.165, 1.54) is 20.3 Å². The molecule has 0 aliphatic heterocycles. The van der Waals surface area contributed by atoms with Crippen molar-refractivity contribution in [1.29, 1.82) is 5.26 Å². The zero-order valence-corrected chi connectivity index (χ0v) is 23.5. The molecule has 5 rings (SSSR count). The SMILES string of the molecule is COc1ccccc1[C@H](Cc1c(C#N)n(C(C)(C)C(=O)O)c(=O)c2cc(-c3ncc[nH]3)ccc12)OC1CCCCC1. The Hall–Kier alpha value is -4.42. The van der Waals surface area contributed by atoms with Crippen LogP contribution >= 0.6 is 0 Å². The molecule has 0 bridgehead atoms. The fourth-order valence-electron chi connectivity index (χ4n) is 5.78. The number of ether oxygens (including phenoxy) is 2. The number of nitrogens with zero attached hydrogens (tertiary/aromatic N) is 3. The third-order valence-electron chi connectivity index (χ3n) is 8.03. The molecule has 9 heteroatoms. The van der Waals surface area contributed by atoms with Crippen LogP contribution in [0, 0.1) is 11.3 Å². The number of carboxylic acid groups (broad SMARTS) is 1. The largest absolute Gasteiger partial charge is 0.496 e. The highest BCUT2D eigenvalue weighted by Gasteiger charge is 2.36. The van der Waals surface area contributed by atoms with Gasteiger partial charge in [-0.25, -0.2) is 9.78 Å². The predicted octanol–water partition coefficient (Wildman–Crippen LogP) is 5.72. The molecular weight excluding hydrogens is 520 g/mol. The Morgan fingerprint density at radius 1 is 1.20 bits per heavy atom. The monoisotopic (exact) mass is 554 g/mol. The molecule has 0 unspecified atom stereocenters. The van der Waals surface area contributed by atoms with Crippen LogP contribution in [0.1, 0.15) is 68.9 Å². The number of H-pyrrole nitrogens is 1. The van der Waals surface area contributed by atoms with Crippen molar-refractivity contribution in [3.8, 4) is 23.2 Å². The number of nitrogens with one attached hydrogen (secondary N) is 1. The van der Waals surface area contributed by atoms with Crippen molar-refractivity contribution in [2.45, 2.75) is 70.1 Å². The number of fused-ring (bicyclic) bond motifs is 1. The van der Waals surface area contributed by atoms with Gasteiger partial charge in [0, 0.05) is 35.3 Å². The maximum absolute atomic E-state index is 14.0. The maximum Gasteiger partial charge on any atom is 0.329 e. The first-order chi connectivity index (χ1) is 19.8. The second-order valence-corrected chi connectivity index (χ2v) is 11.0. The highest BCUT2D eigenvalue weighted by molar-refractivity contribution is 5.90. The van der Waals surface area contributed by atoms with E-state index in [0.29, 0.717) is 33.5 Å². The third kappa shape index (κ3) is 5.35. The first kappa shape index (κ1) is 28.1. The van der Waals surface area contributed by atoms with E-state index in [0.717, 1.165) is 35.8 Å². The lowest BCUT2D eigenvalue weighted by Crippen LogP contribution is -2.44. The molecule has 1 atom stereocenters. The van der Waals surface area contributed by atoms with Gasteiger partial charge in [-0.1, -0.05) is 49.6 Å². The van der Waals surface area contributed by atoms with Crippen LogP contribution in [-0.2, 0) is 21.5 Å². The molecule has 2 aromatic carbocycles. The molecule has 4 aromatic rings. The summed E-state index contributed by atoms with van der Waals surface area (Å²) < 4.78 is 13.6. The number of aromatic amines is 1. The standard InChI is InChI=1S/C32H34N4O5/c1-32(2,31(38)39)36-26(19-33)24(22-14-13-20(17-25(22)30(36)37)29-34-15-16-35-29)18-28(41-21-9-5-4-6-10-21)23-11-7-8-12-27(23)40-3/h7-8,11-17,21,28H,4-6,9-10,18H2,1-3H3,(H,34,35)(H,38,39)/t28-/m0/s1. The van der Waals surface area contributed by atoms with Crippen LogP contribution in [0.15, 0.2) is 59.7 Å². The summed E-state index contributed by atoms with van der Waals surface area (Å²) in [7, 11) is 1.61. The number of methoxy groups -OCH3 is 1. The molecular formula is C32H34N4O5. The van der Waals surface area contributed by atoms with Crippen molar-refractivity contribution in [2.75, 3.05) is 7.11 Å². The Bertz CT molecular complexity index is 1660. The van der Waals surface area contributed by atoms with Gasteiger partial charge in [-0.05, 0) is 49.8 Å². The van der Waals surface area contributed by atoms with Gasteiger partial charge in [-0.15, -0.1) is 0 Å². The number of nitriles is 1. The van der Waals surface area contributed by atoms with E-state index >= 15 is 0 Å². The summed E-state index contributed by atoms with van der Waals surface area (Å²) in [6.07, 6.45) is 8.33. The van der Waals surface area contributed by atoms with Gasteiger partial charge in [0.2, 0.25) is 0 Å². The molecule has 2 N–H and O–H groups in total. The zero-order valence-electron chi connectivity index (χ0n) is 23.5. The van der Waals surface area contributed by atoms with Gasteiger partial charge >= 0.3 is 5.97 Å². The van der Waals surface area contributed by atoms with E-state index in [2.05, 4.69) is 16.0 Å². The number of para-hydroxylation sites is 1. The molecule has 0 radical (unpaired) electrons. The van der Waals surface area contributed by atoms with Gasteiger partial charge in [-0.3, -0.25) is 9.36 Å². The average Bonchev–Trinajstić information content (AvgIpc) is 3.53. The predicted molar refractivity (Wildman–Crippen MR) is 155 cm³/mol. The molecule has 2 aromatic heterocycles. The van der Waals surface area contributed by atoms with E-state index in [1.807, 2.05) is 36.4 Å². The van der Waals surface area contributed by atoms with Gasteiger partial charge in [0.15, 0.2) is 0 Å². The third-order valence-corrected chi connectivity index (χ3v) is 8.03. The van der Waals surface area contributed by atoms with Gasteiger partial charge in [0.25, 0.3) is 5.56 Å². The molecule has 1 saturated carbocycles. The summed E-state index contributed by atoms with van der Waals surface area (Å²) in [5.41, 5.74) is -0.171. The number of imidazole rings is 1. The van der Waals surface area contributed by atoms with Crippen LogP contribution in [-0.4, -0.2) is 38.8 Å². The summed E-state index contributed by atoms with van der Waals surface area (Å²) in [5, 5.41) is 21.5. The van der Waals surface area contributed by atoms with Gasteiger partial charge in [-0.2, -0.15) is 5.26 Å². The first-order valence-corrected chi connectivity index (χ1v) is 13.9. The second-order valence-electron chi connectivity index (χ2n) is 11.0. The van der Waals surface area contributed by atoms with Crippen LogP contribution in [0.25, 0.3) is 22.2 Å². The number of rotatable bonds is 9. The minimum absolute atomic E-state index is 0.00721. The zero-order chi connectivity index (χ0) is 29.1. The number of carbonyl (C=O) groups is 1. The summed E-state index contributed by atoms with van der Waals surface area (Å²) in [6, 6.07) is 15.2. The number of aromatic nitrogens is 3. The summed E-state index contributed by atoms with van der Waals surface area (Å²) in [4.78, 5) is 33.7. The molecule has 0 spiro atoms. The normalized spacial score (nSPS) is 15.0. The van der Waals surface area contributed by atoms with Crippen molar-refractivity contribution < 1.29 is 19.4 Å². The topological polar surface area (TPSA) is 130 Å². The van der Waals surface area contributed by atoms with Crippen molar-refractivity contribution >= 4 is 16.7 Å². The average molecular weight is 555 g/mol. The number of pyridine rings is 1. The van der Waals surface area contributed by atoms with E-state index in [4.69, 9.17) is 9.47 Å². The first-order valence-electron chi connectivity index (χ1n) is 13.9. The van der Waals surface area contributed by atoms with Crippen molar-refractivity contribution in [3.05, 3.63) is 82.0 Å². The molecule has 0 saturated heterocycles. The molecule has 9 nitrogen and oxygen atoms in total. The van der Waals surface area contributed by atoms with Gasteiger partial charge in [0.05, 0.1) is 19.3 Å². The lowest BCUT2D eigenvalue weighted by Gasteiger charge is -2.31. The van der Waals surface area contributed by atoms with Crippen LogP contribution in [0.3, 0.4) is 0 Å². The summed E-state index contributed by atoms with van der Waals surface area (Å²) >= 11 is 0. The van der Waals surface area contributed by atoms with E-state index in [-0.39, 0.29) is 18.2 Å². The quantitative estimate of drug-likeness (QED) is 0.270. The smallest absolute Gasteiger partial charge is 0.329 e. The molecule has 1 fully saturated rings. The summed E-state index contributed by atoms with van der Waals surface area (Å²) in [5.74, 6) is 0.0209. The van der Waals surface area contributed by atoms with Crippen LogP contribution in [0.4, 0.5) is 0 Å². The van der Waals surface area contributed by atoms with E-state index in [9.17, 15) is 20.0 Å². The van der Waals surface area contributed by atoms with Crippen molar-refractivity contribution in [3.63, 3.8) is 0 Å². The Kier molecular flexibility index (Phi) is 7.95. The number of carboxylic acids is 1. The minimum Gasteiger partial charge on any atom is -0.496 e. The van der Waals surface area contributed by atoms with Gasteiger partial charge < -0.3 is 19.6 Å². The second kappa shape index (κ2) is 11.6. The molecule has 2 heterocycles. The number of benzene rings is 2. The lowest BCUT2D eigenvalue weighted by atomic mass is 9.91. The van der Waals surface area contributed by atoms with E-state index < -0.39 is 23.2 Å². The highest BCUT2D eigenvalue weighted by atomic mass is 16.5. The Balaban J connectivity index is 1.76. The van der Waals surface area contributed by atoms with Crippen LogP contribution < -0.4 is 10.3 Å². The maximum atomic E-state index is 14.0. The Morgan fingerprint density at radius 2 is 1.95 bits per heavy atom. The molecule has 212 valence electrons. The number of hydrogen-bond acceptors (Lipinski definition) is 6. The van der Waals surface area contributed by atoms with Crippen LogP contribution in [0.2, 0.25) is 0 Å². The van der Waals surface area contributed by atoms with Gasteiger partial charge in [0.1, 0.15) is 28.9 Å².